The van der Waals surface area contributed by atoms with E-state index in [0.29, 0.717) is 0 Å². The molecule has 0 aliphatic carbocycles. The van der Waals surface area contributed by atoms with Crippen LogP contribution in [0.25, 0.3) is 0 Å². The van der Waals surface area contributed by atoms with Crippen molar-refractivity contribution in [3.63, 3.8) is 0 Å². The van der Waals surface area contributed by atoms with Gasteiger partial charge in [0.1, 0.15) is 12.7 Å². The van der Waals surface area contributed by atoms with Crippen molar-refractivity contribution in [1.29, 1.82) is 0 Å². The zero-order valence-corrected chi connectivity index (χ0v) is 6.62. The SMILES string of the molecule is O=C(O)N1C(CF)COS1(=O)=O. The number of rotatable bonds is 1. The van der Waals surface area contributed by atoms with E-state index in [2.05, 4.69) is 4.18 Å². The van der Waals surface area contributed by atoms with E-state index in [1.165, 1.54) is 0 Å². The van der Waals surface area contributed by atoms with Crippen LogP contribution in [0.1, 0.15) is 0 Å². The Morgan fingerprint density at radius 3 is 2.67 bits per heavy atom. The number of alkyl halides is 1. The number of hydrogen-bond donors (Lipinski definition) is 1. The molecule has 12 heavy (non-hydrogen) atoms. The van der Waals surface area contributed by atoms with Crippen molar-refractivity contribution in [1.82, 2.24) is 4.31 Å². The Balaban J connectivity index is 2.96. The summed E-state index contributed by atoms with van der Waals surface area (Å²) < 4.78 is 37.5. The quantitative estimate of drug-likeness (QED) is 0.620. The van der Waals surface area contributed by atoms with Gasteiger partial charge in [0, 0.05) is 0 Å². The lowest BCUT2D eigenvalue weighted by Crippen LogP contribution is -2.39. The van der Waals surface area contributed by atoms with E-state index in [1.807, 2.05) is 0 Å². The topological polar surface area (TPSA) is 83.9 Å². The van der Waals surface area contributed by atoms with Crippen molar-refractivity contribution in [3.8, 4) is 0 Å². The van der Waals surface area contributed by atoms with Gasteiger partial charge in [0.25, 0.3) is 0 Å². The Labute approximate surface area is 67.8 Å². The standard InChI is InChI=1S/C4H6FNO5S/c5-1-3-2-11-12(9,10)6(3)4(7)8/h3H,1-2H2,(H,7,8). The summed E-state index contributed by atoms with van der Waals surface area (Å²) in [4.78, 5) is 10.3. The summed E-state index contributed by atoms with van der Waals surface area (Å²) in [6.45, 7) is -1.53. The normalized spacial score (nSPS) is 27.4. The zero-order chi connectivity index (χ0) is 9.35. The first-order valence-electron chi connectivity index (χ1n) is 2.96. The molecule has 0 aromatic rings. The van der Waals surface area contributed by atoms with Gasteiger partial charge in [-0.1, -0.05) is 0 Å². The number of carbonyl (C=O) groups is 1. The van der Waals surface area contributed by atoms with Gasteiger partial charge in [0.2, 0.25) is 0 Å². The van der Waals surface area contributed by atoms with Crippen LogP contribution in [0, 0.1) is 0 Å². The molecule has 1 rings (SSSR count). The fourth-order valence-electron chi connectivity index (χ4n) is 0.831. The number of carboxylic acid groups (broad SMARTS) is 1. The first kappa shape index (κ1) is 9.20. The van der Waals surface area contributed by atoms with Crippen LogP contribution in [0.2, 0.25) is 0 Å². The van der Waals surface area contributed by atoms with Gasteiger partial charge in [0.15, 0.2) is 0 Å². The Morgan fingerprint density at radius 1 is 1.75 bits per heavy atom. The van der Waals surface area contributed by atoms with E-state index in [9.17, 15) is 17.6 Å². The Hall–Kier alpha value is -0.890. The molecule has 0 aromatic carbocycles. The molecular formula is C4H6FNO5S. The van der Waals surface area contributed by atoms with Crippen LogP contribution in [-0.4, -0.2) is 43.2 Å². The fourth-order valence-corrected chi connectivity index (χ4v) is 1.95. The summed E-state index contributed by atoms with van der Waals surface area (Å²) in [7, 11) is -4.25. The van der Waals surface area contributed by atoms with Crippen molar-refractivity contribution in [3.05, 3.63) is 0 Å². The zero-order valence-electron chi connectivity index (χ0n) is 5.81. The molecule has 8 heteroatoms. The molecule has 1 aliphatic rings. The maximum absolute atomic E-state index is 12.0. The summed E-state index contributed by atoms with van der Waals surface area (Å²) in [5.74, 6) is 0. The summed E-state index contributed by atoms with van der Waals surface area (Å²) in [5, 5.41) is 8.35. The number of halogens is 1. The molecule has 1 aliphatic heterocycles. The minimum atomic E-state index is -4.25. The molecule has 0 radical (unpaired) electrons. The molecule has 1 unspecified atom stereocenters. The Morgan fingerprint density at radius 2 is 2.33 bits per heavy atom. The third kappa shape index (κ3) is 1.34. The highest BCUT2D eigenvalue weighted by molar-refractivity contribution is 7.85. The molecule has 1 amide bonds. The van der Waals surface area contributed by atoms with E-state index in [4.69, 9.17) is 5.11 Å². The Bertz CT molecular complexity index is 288. The molecule has 1 N–H and O–H groups in total. The molecule has 0 saturated carbocycles. The Kier molecular flexibility index (Phi) is 2.20. The second-order valence-electron chi connectivity index (χ2n) is 2.13. The molecule has 1 heterocycles. The number of nitrogens with zero attached hydrogens (tertiary/aromatic N) is 1. The predicted octanol–water partition coefficient (Wildman–Crippen LogP) is -0.420. The third-order valence-corrected chi connectivity index (χ3v) is 2.72. The first-order chi connectivity index (χ1) is 5.49. The summed E-state index contributed by atoms with van der Waals surface area (Å²) in [6, 6.07) is -1.24. The van der Waals surface area contributed by atoms with E-state index in [0.717, 1.165) is 0 Å². The number of amides is 1. The lowest BCUT2D eigenvalue weighted by Gasteiger charge is -2.13. The van der Waals surface area contributed by atoms with Crippen LogP contribution in [0.5, 0.6) is 0 Å². The van der Waals surface area contributed by atoms with Gasteiger partial charge in [-0.3, -0.25) is 4.18 Å². The second kappa shape index (κ2) is 2.87. The van der Waals surface area contributed by atoms with Gasteiger partial charge < -0.3 is 5.11 Å². The van der Waals surface area contributed by atoms with Crippen molar-refractivity contribution in [2.24, 2.45) is 0 Å². The third-order valence-electron chi connectivity index (χ3n) is 1.35. The molecular weight excluding hydrogens is 193 g/mol. The van der Waals surface area contributed by atoms with Gasteiger partial charge in [-0.15, -0.1) is 0 Å². The van der Waals surface area contributed by atoms with Gasteiger partial charge in [-0.05, 0) is 0 Å². The molecule has 1 atom stereocenters. The highest BCUT2D eigenvalue weighted by Gasteiger charge is 2.42. The van der Waals surface area contributed by atoms with E-state index < -0.39 is 35.7 Å². The highest BCUT2D eigenvalue weighted by Crippen LogP contribution is 2.18. The lowest BCUT2D eigenvalue weighted by atomic mass is 10.3. The van der Waals surface area contributed by atoms with Gasteiger partial charge >= 0.3 is 16.4 Å². The van der Waals surface area contributed by atoms with Crippen molar-refractivity contribution < 1.29 is 26.9 Å². The maximum Gasteiger partial charge on any atom is 0.423 e. The van der Waals surface area contributed by atoms with Crippen LogP contribution in [0.3, 0.4) is 0 Å². The fraction of sp³-hybridized carbons (Fsp3) is 0.750. The predicted molar refractivity (Wildman–Crippen MR) is 34.5 cm³/mol. The summed E-state index contributed by atoms with van der Waals surface area (Å²) in [6.07, 6.45) is -1.73. The molecule has 1 fully saturated rings. The van der Waals surface area contributed by atoms with E-state index in [1.54, 1.807) is 0 Å². The molecule has 1 saturated heterocycles. The molecule has 70 valence electrons. The van der Waals surface area contributed by atoms with Crippen molar-refractivity contribution in [2.45, 2.75) is 6.04 Å². The molecule has 0 bridgehead atoms. The molecule has 6 nitrogen and oxygen atoms in total. The minimum absolute atomic E-state index is 0.0208. The summed E-state index contributed by atoms with van der Waals surface area (Å²) in [5.41, 5.74) is 0. The average molecular weight is 199 g/mol. The number of hydrogen-bond acceptors (Lipinski definition) is 4. The van der Waals surface area contributed by atoms with Crippen molar-refractivity contribution in [2.75, 3.05) is 13.3 Å². The van der Waals surface area contributed by atoms with Gasteiger partial charge in [0.05, 0.1) is 6.61 Å². The van der Waals surface area contributed by atoms with Crippen LogP contribution < -0.4 is 0 Å². The molecule has 0 aromatic heterocycles. The molecule has 0 spiro atoms. The first-order valence-corrected chi connectivity index (χ1v) is 4.33. The van der Waals surface area contributed by atoms with Crippen LogP contribution in [0.15, 0.2) is 0 Å². The van der Waals surface area contributed by atoms with Crippen LogP contribution >= 0.6 is 0 Å². The van der Waals surface area contributed by atoms with E-state index in [-0.39, 0.29) is 4.31 Å². The monoisotopic (exact) mass is 199 g/mol. The van der Waals surface area contributed by atoms with E-state index >= 15 is 0 Å². The van der Waals surface area contributed by atoms with Crippen LogP contribution in [-0.2, 0) is 14.5 Å². The second-order valence-corrected chi connectivity index (χ2v) is 3.61. The minimum Gasteiger partial charge on any atom is -0.464 e. The van der Waals surface area contributed by atoms with Gasteiger partial charge in [-0.2, -0.15) is 12.7 Å². The highest BCUT2D eigenvalue weighted by atomic mass is 32.2. The van der Waals surface area contributed by atoms with Crippen LogP contribution in [0.4, 0.5) is 9.18 Å². The van der Waals surface area contributed by atoms with Crippen molar-refractivity contribution >= 4 is 16.4 Å². The maximum atomic E-state index is 12.0. The lowest BCUT2D eigenvalue weighted by molar-refractivity contribution is 0.158. The summed E-state index contributed by atoms with van der Waals surface area (Å²) >= 11 is 0. The smallest absolute Gasteiger partial charge is 0.423 e. The van der Waals surface area contributed by atoms with Gasteiger partial charge in [-0.25, -0.2) is 9.18 Å². The largest absolute Gasteiger partial charge is 0.464 e. The average Bonchev–Trinajstić information content (AvgIpc) is 2.24.